The number of nitrogens with zero attached hydrogens (tertiary/aromatic N) is 4. The van der Waals surface area contributed by atoms with Crippen LogP contribution in [0.1, 0.15) is 39.7 Å². The minimum Gasteiger partial charge on any atom is -0.351 e. The summed E-state index contributed by atoms with van der Waals surface area (Å²) in [7, 11) is 0. The first-order chi connectivity index (χ1) is 12.6. The first-order valence-corrected chi connectivity index (χ1v) is 9.10. The number of nitrogens with one attached hydrogen (secondary N) is 1. The first kappa shape index (κ1) is 16.8. The van der Waals surface area contributed by atoms with Crippen LogP contribution in [0.25, 0.3) is 0 Å². The Balaban J connectivity index is 1.53. The highest BCUT2D eigenvalue weighted by molar-refractivity contribution is 6.30. The van der Waals surface area contributed by atoms with E-state index in [1.807, 2.05) is 13.0 Å². The summed E-state index contributed by atoms with van der Waals surface area (Å²) < 4.78 is 0. The highest BCUT2D eigenvalue weighted by Crippen LogP contribution is 2.30. The van der Waals surface area contributed by atoms with Gasteiger partial charge >= 0.3 is 0 Å². The quantitative estimate of drug-likeness (QED) is 0.901. The Morgan fingerprint density at radius 2 is 2.27 bits per heavy atom. The molecule has 26 heavy (non-hydrogen) atoms. The number of carbonyl (C=O) groups excluding carboxylic acids is 1. The summed E-state index contributed by atoms with van der Waals surface area (Å²) in [6.45, 7) is 3.36. The van der Waals surface area contributed by atoms with Crippen LogP contribution in [0, 0.1) is 11.3 Å². The molecule has 7 heteroatoms. The van der Waals surface area contributed by atoms with Gasteiger partial charge in [-0.3, -0.25) is 4.79 Å². The van der Waals surface area contributed by atoms with Crippen LogP contribution in [-0.4, -0.2) is 39.9 Å². The summed E-state index contributed by atoms with van der Waals surface area (Å²) >= 11 is 6.10. The van der Waals surface area contributed by atoms with Gasteiger partial charge in [0.2, 0.25) is 5.95 Å². The Labute approximate surface area is 156 Å². The Bertz CT molecular complexity index is 936. The molecular formula is C19H18ClN5O. The van der Waals surface area contributed by atoms with Crippen molar-refractivity contribution in [3.05, 3.63) is 51.3 Å². The molecule has 0 fully saturated rings. The lowest BCUT2D eigenvalue weighted by molar-refractivity contribution is 0.0746. The summed E-state index contributed by atoms with van der Waals surface area (Å²) in [5.41, 5.74) is 4.16. The first-order valence-electron chi connectivity index (χ1n) is 8.72. The molecule has 4 rings (SSSR count). The Morgan fingerprint density at radius 1 is 1.42 bits per heavy atom. The van der Waals surface area contributed by atoms with Crippen LogP contribution in [0.5, 0.6) is 0 Å². The van der Waals surface area contributed by atoms with E-state index in [2.05, 4.69) is 21.4 Å². The van der Waals surface area contributed by atoms with Gasteiger partial charge < -0.3 is 10.2 Å². The molecule has 2 heterocycles. The smallest absolute Gasteiger partial charge is 0.257 e. The van der Waals surface area contributed by atoms with E-state index >= 15 is 0 Å². The molecule has 1 aromatic heterocycles. The number of aromatic nitrogens is 2. The van der Waals surface area contributed by atoms with Crippen molar-refractivity contribution in [1.82, 2.24) is 14.9 Å². The number of benzene rings is 1. The fourth-order valence-corrected chi connectivity index (χ4v) is 4.00. The molecule has 1 atom stereocenters. The van der Waals surface area contributed by atoms with E-state index in [4.69, 9.17) is 11.6 Å². The molecule has 1 N–H and O–H groups in total. The largest absolute Gasteiger partial charge is 0.351 e. The maximum Gasteiger partial charge on any atom is 0.257 e. The van der Waals surface area contributed by atoms with Crippen molar-refractivity contribution in [3.63, 3.8) is 0 Å². The lowest BCUT2D eigenvalue weighted by Crippen LogP contribution is -2.38. The second kappa shape index (κ2) is 6.58. The minimum atomic E-state index is 0.00174. The lowest BCUT2D eigenvalue weighted by Gasteiger charge is -2.26. The molecule has 2 aliphatic rings. The summed E-state index contributed by atoms with van der Waals surface area (Å²) in [5.74, 6) is 0.533. The average Bonchev–Trinajstić information content (AvgIpc) is 3.03. The predicted molar refractivity (Wildman–Crippen MR) is 98.3 cm³/mol. The second-order valence-electron chi connectivity index (χ2n) is 6.64. The third-order valence-electron chi connectivity index (χ3n) is 5.06. The molecule has 2 aromatic rings. The van der Waals surface area contributed by atoms with Gasteiger partial charge in [-0.15, -0.1) is 0 Å². The molecule has 1 amide bonds. The number of nitriles is 1. The SMILES string of the molecule is CCN1CCc2nc(N[C@H]3Cc4cc(Cl)cc(C#N)c4C3)ncc2C1=O. The van der Waals surface area contributed by atoms with E-state index in [-0.39, 0.29) is 11.9 Å². The summed E-state index contributed by atoms with van der Waals surface area (Å²) in [5, 5.41) is 13.2. The number of halogens is 1. The average molecular weight is 368 g/mol. The van der Waals surface area contributed by atoms with Gasteiger partial charge in [-0.1, -0.05) is 11.6 Å². The van der Waals surface area contributed by atoms with Crippen LogP contribution in [0.15, 0.2) is 18.3 Å². The van der Waals surface area contributed by atoms with Crippen LogP contribution in [-0.2, 0) is 19.3 Å². The van der Waals surface area contributed by atoms with E-state index in [1.165, 1.54) is 0 Å². The summed E-state index contributed by atoms with van der Waals surface area (Å²) in [6, 6.07) is 5.97. The molecule has 0 bridgehead atoms. The molecule has 0 saturated carbocycles. The fraction of sp³-hybridized carbons (Fsp3) is 0.368. The number of likely N-dealkylation sites (N-methyl/N-ethyl adjacent to an activating group) is 1. The van der Waals surface area contributed by atoms with Gasteiger partial charge in [0.1, 0.15) is 0 Å². The van der Waals surface area contributed by atoms with Gasteiger partial charge in [-0.2, -0.15) is 5.26 Å². The molecule has 1 aromatic carbocycles. The molecule has 6 nitrogen and oxygen atoms in total. The molecule has 1 aliphatic heterocycles. The van der Waals surface area contributed by atoms with Crippen molar-refractivity contribution in [3.8, 4) is 6.07 Å². The normalized spacial score (nSPS) is 18.3. The molecule has 0 unspecified atom stereocenters. The second-order valence-corrected chi connectivity index (χ2v) is 7.08. The van der Waals surface area contributed by atoms with Gasteiger partial charge in [0.15, 0.2) is 0 Å². The third-order valence-corrected chi connectivity index (χ3v) is 5.28. The van der Waals surface area contributed by atoms with E-state index in [9.17, 15) is 10.1 Å². The topological polar surface area (TPSA) is 81.9 Å². The number of fused-ring (bicyclic) bond motifs is 2. The van der Waals surface area contributed by atoms with Crippen molar-refractivity contribution >= 4 is 23.5 Å². The van der Waals surface area contributed by atoms with Crippen molar-refractivity contribution in [1.29, 1.82) is 5.26 Å². The van der Waals surface area contributed by atoms with Gasteiger partial charge in [-0.25, -0.2) is 9.97 Å². The van der Waals surface area contributed by atoms with E-state index in [1.54, 1.807) is 17.2 Å². The zero-order chi connectivity index (χ0) is 18.3. The van der Waals surface area contributed by atoms with Crippen molar-refractivity contribution in [2.75, 3.05) is 18.4 Å². The van der Waals surface area contributed by atoms with E-state index in [0.717, 1.165) is 36.1 Å². The number of hydrogen-bond donors (Lipinski definition) is 1. The highest BCUT2D eigenvalue weighted by Gasteiger charge is 2.27. The van der Waals surface area contributed by atoms with Crippen LogP contribution in [0.4, 0.5) is 5.95 Å². The molecule has 0 radical (unpaired) electrons. The van der Waals surface area contributed by atoms with Gasteiger partial charge in [0.25, 0.3) is 5.91 Å². The van der Waals surface area contributed by atoms with Crippen LogP contribution >= 0.6 is 11.6 Å². The predicted octanol–water partition coefficient (Wildman–Crippen LogP) is 2.60. The molecule has 0 saturated heterocycles. The van der Waals surface area contributed by atoms with E-state index < -0.39 is 0 Å². The Kier molecular flexibility index (Phi) is 4.25. The van der Waals surface area contributed by atoms with Gasteiger partial charge in [-0.05, 0) is 43.0 Å². The molecule has 0 spiro atoms. The zero-order valence-electron chi connectivity index (χ0n) is 14.4. The Morgan fingerprint density at radius 3 is 3.04 bits per heavy atom. The van der Waals surface area contributed by atoms with Crippen LogP contribution < -0.4 is 5.32 Å². The monoisotopic (exact) mass is 367 g/mol. The molecule has 1 aliphatic carbocycles. The third kappa shape index (κ3) is 2.89. The number of hydrogen-bond acceptors (Lipinski definition) is 5. The standard InChI is InChI=1S/C19H18ClN5O/c1-2-25-4-3-17-16(18(25)26)10-22-19(24-17)23-14-7-11-5-13(20)6-12(9-21)15(11)8-14/h5-6,10,14H,2-4,7-8H2,1H3,(H,22,23,24)/t14-/m0/s1. The Hall–Kier alpha value is -2.65. The number of anilines is 1. The zero-order valence-corrected chi connectivity index (χ0v) is 15.2. The van der Waals surface area contributed by atoms with Crippen LogP contribution in [0.3, 0.4) is 0 Å². The molecular weight excluding hydrogens is 350 g/mol. The lowest BCUT2D eigenvalue weighted by atomic mass is 10.0. The summed E-state index contributed by atoms with van der Waals surface area (Å²) in [6.07, 6.45) is 3.87. The highest BCUT2D eigenvalue weighted by atomic mass is 35.5. The summed E-state index contributed by atoms with van der Waals surface area (Å²) in [4.78, 5) is 23.0. The number of rotatable bonds is 3. The maximum atomic E-state index is 12.3. The minimum absolute atomic E-state index is 0.00174. The van der Waals surface area contributed by atoms with Crippen molar-refractivity contribution in [2.45, 2.75) is 32.2 Å². The maximum absolute atomic E-state index is 12.3. The van der Waals surface area contributed by atoms with Crippen molar-refractivity contribution < 1.29 is 4.79 Å². The van der Waals surface area contributed by atoms with Gasteiger partial charge in [0, 0.05) is 36.8 Å². The number of amides is 1. The van der Waals surface area contributed by atoms with E-state index in [0.29, 0.717) is 35.2 Å². The number of carbonyl (C=O) groups is 1. The van der Waals surface area contributed by atoms with Crippen LogP contribution in [0.2, 0.25) is 5.02 Å². The van der Waals surface area contributed by atoms with Gasteiger partial charge in [0.05, 0.1) is 22.9 Å². The fourth-order valence-electron chi connectivity index (χ4n) is 3.76. The molecule has 132 valence electrons. The van der Waals surface area contributed by atoms with Crippen molar-refractivity contribution in [2.24, 2.45) is 0 Å².